The maximum atomic E-state index is 12.6. The molecule has 0 spiro atoms. The Morgan fingerprint density at radius 3 is 2.75 bits per heavy atom. The number of methoxy groups -OCH3 is 1. The van der Waals surface area contributed by atoms with E-state index in [-0.39, 0.29) is 5.56 Å². The highest BCUT2D eigenvalue weighted by Gasteiger charge is 2.23. The van der Waals surface area contributed by atoms with Crippen LogP contribution in [0.1, 0.15) is 28.1 Å². The molecule has 8 nitrogen and oxygen atoms in total. The van der Waals surface area contributed by atoms with Crippen LogP contribution in [0, 0.1) is 20.8 Å². The van der Waals surface area contributed by atoms with E-state index >= 15 is 0 Å². The number of fused-ring (bicyclic) bond motifs is 2. The minimum Gasteiger partial charge on any atom is -0.494 e. The van der Waals surface area contributed by atoms with Gasteiger partial charge in [0.15, 0.2) is 11.5 Å². The van der Waals surface area contributed by atoms with Crippen molar-refractivity contribution in [2.75, 3.05) is 18.6 Å². The molecule has 0 N–H and O–H groups in total. The molecule has 0 aromatic carbocycles. The van der Waals surface area contributed by atoms with E-state index in [1.54, 1.807) is 19.5 Å². The van der Waals surface area contributed by atoms with Gasteiger partial charge in [-0.05, 0) is 38.5 Å². The lowest BCUT2D eigenvalue weighted by atomic mass is 10.00. The fourth-order valence-electron chi connectivity index (χ4n) is 4.27. The van der Waals surface area contributed by atoms with Gasteiger partial charge in [-0.3, -0.25) is 14.8 Å². The average Bonchev–Trinajstić information content (AvgIpc) is 2.81. The molecule has 0 bridgehead atoms. The molecule has 0 amide bonds. The standard InChI is InChI=1S/C24H24N6O2/c1-14-9-22(31)30-23(27-14)15(2)16(3)24(28-30)29-8-6-20-18(13-29)10-17(11-26-20)19-5-7-25-12-21(19)32-4/h5,7,9-12H,6,8,13H2,1-4H3. The molecule has 32 heavy (non-hydrogen) atoms. The first-order valence-electron chi connectivity index (χ1n) is 10.5. The lowest BCUT2D eigenvalue weighted by Crippen LogP contribution is -2.34. The molecule has 0 unspecified atom stereocenters. The summed E-state index contributed by atoms with van der Waals surface area (Å²) in [5.74, 6) is 1.52. The Kier molecular flexibility index (Phi) is 4.84. The van der Waals surface area contributed by atoms with Crippen molar-refractivity contribution in [3.05, 3.63) is 75.2 Å². The highest BCUT2D eigenvalue weighted by molar-refractivity contribution is 5.70. The second kappa shape index (κ2) is 7.71. The fourth-order valence-corrected chi connectivity index (χ4v) is 4.27. The fraction of sp³-hybridized carbons (Fsp3) is 0.292. The lowest BCUT2D eigenvalue weighted by Gasteiger charge is -2.31. The van der Waals surface area contributed by atoms with Crippen LogP contribution in [0.2, 0.25) is 0 Å². The smallest absolute Gasteiger partial charge is 0.274 e. The van der Waals surface area contributed by atoms with Gasteiger partial charge < -0.3 is 9.64 Å². The topological polar surface area (TPSA) is 85.5 Å². The highest BCUT2D eigenvalue weighted by atomic mass is 16.5. The molecule has 162 valence electrons. The van der Waals surface area contributed by atoms with E-state index in [9.17, 15) is 4.79 Å². The van der Waals surface area contributed by atoms with Gasteiger partial charge in [-0.1, -0.05) is 0 Å². The molecular weight excluding hydrogens is 404 g/mol. The number of rotatable bonds is 3. The van der Waals surface area contributed by atoms with Crippen LogP contribution in [0.5, 0.6) is 5.75 Å². The van der Waals surface area contributed by atoms with E-state index in [0.717, 1.165) is 52.3 Å². The van der Waals surface area contributed by atoms with E-state index < -0.39 is 0 Å². The summed E-state index contributed by atoms with van der Waals surface area (Å²) in [6.07, 6.45) is 6.16. The monoisotopic (exact) mass is 428 g/mol. The maximum Gasteiger partial charge on any atom is 0.274 e. The number of ether oxygens (including phenoxy) is 1. The molecule has 5 rings (SSSR count). The van der Waals surface area contributed by atoms with Crippen molar-refractivity contribution in [3.63, 3.8) is 0 Å². The first-order chi connectivity index (χ1) is 15.5. The van der Waals surface area contributed by atoms with Crippen molar-refractivity contribution < 1.29 is 4.74 Å². The summed E-state index contributed by atoms with van der Waals surface area (Å²) in [4.78, 5) is 28.2. The van der Waals surface area contributed by atoms with Crippen LogP contribution >= 0.6 is 0 Å². The lowest BCUT2D eigenvalue weighted by molar-refractivity contribution is 0.414. The Bertz CT molecular complexity index is 1410. The summed E-state index contributed by atoms with van der Waals surface area (Å²) >= 11 is 0. The van der Waals surface area contributed by atoms with Gasteiger partial charge in [-0.15, -0.1) is 5.10 Å². The predicted octanol–water partition coefficient (Wildman–Crippen LogP) is 3.04. The molecule has 1 aliphatic heterocycles. The number of aromatic nitrogens is 5. The largest absolute Gasteiger partial charge is 0.494 e. The summed E-state index contributed by atoms with van der Waals surface area (Å²) in [5, 5.41) is 4.70. The quantitative estimate of drug-likeness (QED) is 0.496. The number of hydrogen-bond acceptors (Lipinski definition) is 7. The Morgan fingerprint density at radius 1 is 1.09 bits per heavy atom. The van der Waals surface area contributed by atoms with Crippen LogP contribution in [0.4, 0.5) is 5.82 Å². The summed E-state index contributed by atoms with van der Waals surface area (Å²) in [6.45, 7) is 7.31. The number of anilines is 1. The zero-order valence-electron chi connectivity index (χ0n) is 18.6. The van der Waals surface area contributed by atoms with Crippen LogP contribution < -0.4 is 15.2 Å². The predicted molar refractivity (Wildman–Crippen MR) is 122 cm³/mol. The average molecular weight is 428 g/mol. The zero-order chi connectivity index (χ0) is 22.4. The Hall–Kier alpha value is -3.81. The Morgan fingerprint density at radius 2 is 1.94 bits per heavy atom. The molecular formula is C24H24N6O2. The van der Waals surface area contributed by atoms with Crippen LogP contribution in [-0.2, 0) is 13.0 Å². The molecule has 0 aliphatic carbocycles. The summed E-state index contributed by atoms with van der Waals surface area (Å²) < 4.78 is 6.89. The van der Waals surface area contributed by atoms with Crippen molar-refractivity contribution >= 4 is 11.5 Å². The van der Waals surface area contributed by atoms with Crippen molar-refractivity contribution in [1.82, 2.24) is 24.6 Å². The molecule has 5 heterocycles. The first-order valence-corrected chi connectivity index (χ1v) is 10.5. The number of aryl methyl sites for hydroxylation is 2. The summed E-state index contributed by atoms with van der Waals surface area (Å²) in [7, 11) is 1.64. The minimum atomic E-state index is -0.164. The third-order valence-electron chi connectivity index (χ3n) is 6.11. The highest BCUT2D eigenvalue weighted by Crippen LogP contribution is 2.32. The zero-order valence-corrected chi connectivity index (χ0v) is 18.6. The van der Waals surface area contributed by atoms with Gasteiger partial charge in [0.1, 0.15) is 5.75 Å². The van der Waals surface area contributed by atoms with Crippen molar-refractivity contribution in [2.45, 2.75) is 33.7 Å². The van der Waals surface area contributed by atoms with Crippen molar-refractivity contribution in [3.8, 4) is 16.9 Å². The van der Waals surface area contributed by atoms with E-state index in [4.69, 9.17) is 14.8 Å². The molecule has 0 saturated heterocycles. The normalized spacial score (nSPS) is 13.3. The SMILES string of the molecule is COc1cnccc1-c1cnc2c(c1)CN(c1nn3c(=O)cc(C)nc3c(C)c1C)CC2. The number of nitrogens with zero attached hydrogens (tertiary/aromatic N) is 6. The second-order valence-electron chi connectivity index (χ2n) is 8.12. The first kappa shape index (κ1) is 20.1. The molecule has 0 atom stereocenters. The van der Waals surface area contributed by atoms with Crippen molar-refractivity contribution in [2.24, 2.45) is 0 Å². The third kappa shape index (κ3) is 3.28. The van der Waals surface area contributed by atoms with Gasteiger partial charge >= 0.3 is 0 Å². The van der Waals surface area contributed by atoms with E-state index in [1.165, 1.54) is 10.6 Å². The van der Waals surface area contributed by atoms with E-state index in [1.807, 2.05) is 33.0 Å². The molecule has 0 saturated carbocycles. The van der Waals surface area contributed by atoms with E-state index in [0.29, 0.717) is 23.6 Å². The molecule has 4 aromatic heterocycles. The van der Waals surface area contributed by atoms with Crippen LogP contribution in [0.25, 0.3) is 16.8 Å². The van der Waals surface area contributed by atoms with Crippen LogP contribution in [0.3, 0.4) is 0 Å². The Labute approximate surface area is 185 Å². The molecule has 0 radical (unpaired) electrons. The molecule has 1 aliphatic rings. The van der Waals surface area contributed by atoms with Crippen LogP contribution in [0.15, 0.2) is 41.6 Å². The summed E-state index contributed by atoms with van der Waals surface area (Å²) in [5.41, 5.74) is 7.32. The maximum absolute atomic E-state index is 12.6. The molecule has 8 heteroatoms. The van der Waals surface area contributed by atoms with Gasteiger partial charge in [-0.2, -0.15) is 4.52 Å². The van der Waals surface area contributed by atoms with Gasteiger partial charge in [0.25, 0.3) is 5.56 Å². The second-order valence-corrected chi connectivity index (χ2v) is 8.12. The number of pyridine rings is 2. The molecule has 0 fully saturated rings. The van der Waals surface area contributed by atoms with Crippen molar-refractivity contribution in [1.29, 1.82) is 0 Å². The summed E-state index contributed by atoms with van der Waals surface area (Å²) in [6, 6.07) is 5.61. The number of hydrogen-bond donors (Lipinski definition) is 0. The van der Waals surface area contributed by atoms with Gasteiger partial charge in [0.2, 0.25) is 0 Å². The van der Waals surface area contributed by atoms with E-state index in [2.05, 4.69) is 20.9 Å². The van der Waals surface area contributed by atoms with Gasteiger partial charge in [0, 0.05) is 71.6 Å². The van der Waals surface area contributed by atoms with Gasteiger partial charge in [0.05, 0.1) is 13.3 Å². The Balaban J connectivity index is 1.56. The van der Waals surface area contributed by atoms with Crippen LogP contribution in [-0.4, -0.2) is 38.2 Å². The molecule has 4 aromatic rings. The minimum absolute atomic E-state index is 0.164. The van der Waals surface area contributed by atoms with Gasteiger partial charge in [-0.25, -0.2) is 4.98 Å². The third-order valence-corrected chi connectivity index (χ3v) is 6.11.